The zero-order chi connectivity index (χ0) is 22.0. The zero-order valence-corrected chi connectivity index (χ0v) is 16.6. The lowest BCUT2D eigenvalue weighted by Gasteiger charge is -2.17. The zero-order valence-electron chi connectivity index (χ0n) is 16.6. The molecule has 2 amide bonds. The molecular formula is C21H19N7O3. The second-order valence-corrected chi connectivity index (χ2v) is 6.89. The lowest BCUT2D eigenvalue weighted by Crippen LogP contribution is -2.47. The van der Waals surface area contributed by atoms with Gasteiger partial charge in [-0.3, -0.25) is 19.0 Å². The van der Waals surface area contributed by atoms with Gasteiger partial charge in [-0.2, -0.15) is 0 Å². The third kappa shape index (κ3) is 3.90. The van der Waals surface area contributed by atoms with Crippen LogP contribution in [0.1, 0.15) is 21.9 Å². The van der Waals surface area contributed by atoms with Crippen LogP contribution in [0.2, 0.25) is 0 Å². The summed E-state index contributed by atoms with van der Waals surface area (Å²) in [4.78, 5) is 52.8. The number of nitrogens with two attached hydrogens (primary N) is 1. The highest BCUT2D eigenvalue weighted by Crippen LogP contribution is 2.18. The van der Waals surface area contributed by atoms with Gasteiger partial charge >= 0.3 is 0 Å². The number of primary amides is 1. The van der Waals surface area contributed by atoms with Gasteiger partial charge in [0.1, 0.15) is 29.0 Å². The summed E-state index contributed by atoms with van der Waals surface area (Å²) in [6.07, 6.45) is 6.38. The first kappa shape index (κ1) is 20.0. The van der Waals surface area contributed by atoms with E-state index in [-0.39, 0.29) is 12.1 Å². The van der Waals surface area contributed by atoms with E-state index in [1.54, 1.807) is 54.3 Å². The van der Waals surface area contributed by atoms with Crippen molar-refractivity contribution in [2.75, 3.05) is 0 Å². The number of fused-ring (bicyclic) bond motifs is 1. The van der Waals surface area contributed by atoms with E-state index in [2.05, 4.69) is 25.3 Å². The fraction of sp³-hybridized carbons (Fsp3) is 0.143. The van der Waals surface area contributed by atoms with Crippen molar-refractivity contribution in [3.8, 4) is 5.82 Å². The Bertz CT molecular complexity index is 1280. The Morgan fingerprint density at radius 2 is 1.94 bits per heavy atom. The Morgan fingerprint density at radius 1 is 1.13 bits per heavy atom. The number of ketones is 1. The van der Waals surface area contributed by atoms with Gasteiger partial charge < -0.3 is 16.0 Å². The van der Waals surface area contributed by atoms with E-state index in [0.717, 1.165) is 10.9 Å². The third-order valence-corrected chi connectivity index (χ3v) is 4.87. The summed E-state index contributed by atoms with van der Waals surface area (Å²) < 4.78 is 1.57. The first-order valence-corrected chi connectivity index (χ1v) is 9.47. The van der Waals surface area contributed by atoms with E-state index < -0.39 is 23.6 Å². The van der Waals surface area contributed by atoms with Crippen LogP contribution in [-0.4, -0.2) is 48.1 Å². The third-order valence-electron chi connectivity index (χ3n) is 4.87. The first-order chi connectivity index (χ1) is 15.0. The number of pyridine rings is 2. The Morgan fingerprint density at radius 3 is 2.68 bits per heavy atom. The maximum atomic E-state index is 13.1. The van der Waals surface area contributed by atoms with Crippen LogP contribution < -0.4 is 11.1 Å². The molecule has 4 aromatic rings. The molecule has 1 unspecified atom stereocenters. The second kappa shape index (κ2) is 8.19. The van der Waals surface area contributed by atoms with Crippen molar-refractivity contribution >= 4 is 28.6 Å². The molecule has 4 aromatic heterocycles. The molecular weight excluding hydrogens is 398 g/mol. The number of aromatic amines is 1. The number of hydrogen-bond donors (Lipinski definition) is 3. The van der Waals surface area contributed by atoms with E-state index >= 15 is 0 Å². The van der Waals surface area contributed by atoms with E-state index in [9.17, 15) is 14.4 Å². The van der Waals surface area contributed by atoms with E-state index in [1.807, 2.05) is 6.07 Å². The van der Waals surface area contributed by atoms with Gasteiger partial charge in [-0.25, -0.2) is 15.0 Å². The number of hydrogen-bond acceptors (Lipinski definition) is 6. The molecule has 0 saturated carbocycles. The molecule has 156 valence electrons. The number of aryl methyl sites for hydroxylation is 1. The molecule has 4 heterocycles. The standard InChI is InChI=1S/C21H19N7O3/c1-12-25-11-16(28(12)17-6-2-3-7-23-17)21(31)27-15(18(29)19(22)30)9-13-10-26-20-14(13)5-4-8-24-20/h2-8,10-11,15H,9H2,1H3,(H2,22,30)(H,24,26)(H,27,31). The van der Waals surface area contributed by atoms with Crippen LogP contribution in [0.4, 0.5) is 0 Å². The fourth-order valence-corrected chi connectivity index (χ4v) is 3.39. The largest absolute Gasteiger partial charge is 0.363 e. The summed E-state index contributed by atoms with van der Waals surface area (Å²) in [5.74, 6) is -1.55. The molecule has 31 heavy (non-hydrogen) atoms. The van der Waals surface area contributed by atoms with E-state index in [0.29, 0.717) is 17.3 Å². The normalized spacial score (nSPS) is 11.9. The molecule has 0 spiro atoms. The number of rotatable bonds is 7. The average Bonchev–Trinajstić information content (AvgIpc) is 3.37. The fourth-order valence-electron chi connectivity index (χ4n) is 3.39. The lowest BCUT2D eigenvalue weighted by molar-refractivity contribution is -0.137. The van der Waals surface area contributed by atoms with Crippen LogP contribution in [0, 0.1) is 6.92 Å². The lowest BCUT2D eigenvalue weighted by atomic mass is 10.0. The van der Waals surface area contributed by atoms with Gasteiger partial charge in [-0.1, -0.05) is 6.07 Å². The molecule has 0 aliphatic heterocycles. The Kier molecular flexibility index (Phi) is 5.27. The van der Waals surface area contributed by atoms with E-state index in [1.165, 1.54) is 6.20 Å². The molecule has 4 rings (SSSR count). The van der Waals surface area contributed by atoms with Gasteiger partial charge in [0.15, 0.2) is 0 Å². The highest BCUT2D eigenvalue weighted by Gasteiger charge is 2.28. The minimum absolute atomic E-state index is 0.0654. The van der Waals surface area contributed by atoms with Gasteiger partial charge in [-0.05, 0) is 36.8 Å². The molecule has 0 aromatic carbocycles. The molecule has 10 heteroatoms. The van der Waals surface area contributed by atoms with Gasteiger partial charge in [0.05, 0.1) is 6.20 Å². The number of aromatic nitrogens is 5. The highest BCUT2D eigenvalue weighted by molar-refractivity contribution is 6.38. The van der Waals surface area contributed by atoms with Crippen molar-refractivity contribution in [3.05, 3.63) is 72.2 Å². The molecule has 4 N–H and O–H groups in total. The molecule has 0 aliphatic carbocycles. The Hall–Kier alpha value is -4.34. The van der Waals surface area contributed by atoms with Crippen LogP contribution in [-0.2, 0) is 16.0 Å². The predicted octanol–water partition coefficient (Wildman–Crippen LogP) is 0.848. The maximum Gasteiger partial charge on any atom is 0.287 e. The number of nitrogens with zero attached hydrogens (tertiary/aromatic N) is 4. The number of carbonyl (C=O) groups excluding carboxylic acids is 3. The van der Waals surface area contributed by atoms with Crippen LogP contribution in [0.15, 0.2) is 55.1 Å². The van der Waals surface area contributed by atoms with Crippen LogP contribution in [0.5, 0.6) is 0 Å². The Labute approximate surface area is 176 Å². The number of amides is 2. The molecule has 0 aliphatic rings. The molecule has 10 nitrogen and oxygen atoms in total. The second-order valence-electron chi connectivity index (χ2n) is 6.89. The number of imidazole rings is 1. The van der Waals surface area contributed by atoms with E-state index in [4.69, 9.17) is 5.73 Å². The summed E-state index contributed by atoms with van der Waals surface area (Å²) in [5.41, 5.74) is 6.77. The summed E-state index contributed by atoms with van der Waals surface area (Å²) >= 11 is 0. The molecule has 0 fully saturated rings. The summed E-state index contributed by atoms with van der Waals surface area (Å²) in [6.45, 7) is 1.73. The summed E-state index contributed by atoms with van der Waals surface area (Å²) in [7, 11) is 0. The van der Waals surface area contributed by atoms with Gasteiger partial charge in [0.25, 0.3) is 11.8 Å². The minimum Gasteiger partial charge on any atom is -0.363 e. The van der Waals surface area contributed by atoms with Crippen molar-refractivity contribution < 1.29 is 14.4 Å². The van der Waals surface area contributed by atoms with Crippen molar-refractivity contribution in [1.29, 1.82) is 0 Å². The summed E-state index contributed by atoms with van der Waals surface area (Å²) in [5, 5.41) is 3.41. The number of H-pyrrole nitrogens is 1. The SMILES string of the molecule is Cc1ncc(C(=O)NC(Cc2c[nH]c3ncccc23)C(=O)C(N)=O)n1-c1ccccn1. The quantitative estimate of drug-likeness (QED) is 0.380. The van der Waals surface area contributed by atoms with Gasteiger partial charge in [0, 0.05) is 30.4 Å². The van der Waals surface area contributed by atoms with Crippen molar-refractivity contribution in [3.63, 3.8) is 0 Å². The number of nitrogens with one attached hydrogen (secondary N) is 2. The number of Topliss-reactive ketones (excluding diaryl/α,β-unsaturated/α-hetero) is 1. The van der Waals surface area contributed by atoms with Crippen LogP contribution in [0.3, 0.4) is 0 Å². The summed E-state index contributed by atoms with van der Waals surface area (Å²) in [6, 6.07) is 7.72. The minimum atomic E-state index is -1.16. The van der Waals surface area contributed by atoms with Crippen LogP contribution in [0.25, 0.3) is 16.9 Å². The highest BCUT2D eigenvalue weighted by atomic mass is 16.2. The van der Waals surface area contributed by atoms with Gasteiger partial charge in [-0.15, -0.1) is 0 Å². The number of carbonyl (C=O) groups is 3. The Balaban J connectivity index is 1.65. The smallest absolute Gasteiger partial charge is 0.287 e. The van der Waals surface area contributed by atoms with Gasteiger partial charge in [0.2, 0.25) is 5.78 Å². The molecule has 0 bridgehead atoms. The van der Waals surface area contributed by atoms with Crippen LogP contribution >= 0.6 is 0 Å². The maximum absolute atomic E-state index is 13.1. The van der Waals surface area contributed by atoms with Crippen molar-refractivity contribution in [2.24, 2.45) is 5.73 Å². The average molecular weight is 417 g/mol. The molecule has 0 radical (unpaired) electrons. The topological polar surface area (TPSA) is 149 Å². The monoisotopic (exact) mass is 417 g/mol. The predicted molar refractivity (Wildman–Crippen MR) is 111 cm³/mol. The van der Waals surface area contributed by atoms with Crippen molar-refractivity contribution in [1.82, 2.24) is 29.8 Å². The molecule has 0 saturated heterocycles. The molecule has 1 atom stereocenters. The van der Waals surface area contributed by atoms with Crippen molar-refractivity contribution in [2.45, 2.75) is 19.4 Å². The first-order valence-electron chi connectivity index (χ1n) is 9.47.